The van der Waals surface area contributed by atoms with Gasteiger partial charge in [0.05, 0.1) is 24.1 Å². The van der Waals surface area contributed by atoms with Crippen molar-refractivity contribution < 1.29 is 9.90 Å². The van der Waals surface area contributed by atoms with E-state index in [1.165, 1.54) is 0 Å². The first kappa shape index (κ1) is 17.9. The highest BCUT2D eigenvalue weighted by Gasteiger charge is 2.35. The molecule has 1 aromatic carbocycles. The lowest BCUT2D eigenvalue weighted by molar-refractivity contribution is 0.0684. The lowest BCUT2D eigenvalue weighted by Crippen LogP contribution is -2.13. The summed E-state index contributed by atoms with van der Waals surface area (Å²) in [6.45, 7) is 2.06. The molecule has 27 heavy (non-hydrogen) atoms. The molecule has 0 amide bonds. The first-order chi connectivity index (χ1) is 12.9. The van der Waals surface area contributed by atoms with E-state index in [4.69, 9.17) is 23.2 Å². The number of carbonyl (C=O) groups is 1. The fourth-order valence-corrected chi connectivity index (χ4v) is 3.47. The van der Waals surface area contributed by atoms with Crippen molar-refractivity contribution in [2.24, 2.45) is 0 Å². The number of aryl methyl sites for hydroxylation is 1. The summed E-state index contributed by atoms with van der Waals surface area (Å²) >= 11 is 12.4. The zero-order valence-electron chi connectivity index (χ0n) is 14.5. The monoisotopic (exact) mass is 402 g/mol. The van der Waals surface area contributed by atoms with E-state index in [9.17, 15) is 9.90 Å². The molecule has 1 N–H and O–H groups in total. The first-order valence-corrected chi connectivity index (χ1v) is 9.26. The Morgan fingerprint density at radius 1 is 1.26 bits per heavy atom. The minimum atomic E-state index is -1.02. The number of carboxylic acids is 1. The second-order valence-corrected chi connectivity index (χ2v) is 7.46. The van der Waals surface area contributed by atoms with Gasteiger partial charge in [-0.05, 0) is 43.5 Å². The standard InChI is InChI=1S/C19H16Cl2N4O2/c1-10-7-22-8-15(23-10)18-24-16(11-2-3-11)17(19(26)27)25(18)9-12-6-13(20)4-5-14(12)21/h4-8,11H,2-3,9H2,1H3,(H,26,27). The quantitative estimate of drug-likeness (QED) is 0.675. The Hall–Kier alpha value is -2.44. The molecule has 138 valence electrons. The van der Waals surface area contributed by atoms with E-state index in [2.05, 4.69) is 15.0 Å². The average molecular weight is 403 g/mol. The summed E-state index contributed by atoms with van der Waals surface area (Å²) in [6.07, 6.45) is 5.11. The lowest BCUT2D eigenvalue weighted by atomic mass is 10.2. The Kier molecular flexibility index (Phi) is 4.61. The summed E-state index contributed by atoms with van der Waals surface area (Å²) in [5.74, 6) is -0.375. The van der Waals surface area contributed by atoms with Crippen molar-refractivity contribution in [1.29, 1.82) is 0 Å². The average Bonchev–Trinajstić information content (AvgIpc) is 3.39. The third kappa shape index (κ3) is 3.55. The third-order valence-electron chi connectivity index (χ3n) is 4.48. The molecule has 0 spiro atoms. The Balaban J connectivity index is 1.91. The molecule has 4 rings (SSSR count). The molecule has 0 saturated heterocycles. The highest BCUT2D eigenvalue weighted by atomic mass is 35.5. The number of hydrogen-bond acceptors (Lipinski definition) is 4. The summed E-state index contributed by atoms with van der Waals surface area (Å²) in [7, 11) is 0. The number of halogens is 2. The maximum absolute atomic E-state index is 12.1. The summed E-state index contributed by atoms with van der Waals surface area (Å²) in [6, 6.07) is 5.13. The summed E-state index contributed by atoms with van der Waals surface area (Å²) in [5.41, 5.74) is 2.74. The van der Waals surface area contributed by atoms with Gasteiger partial charge in [0.15, 0.2) is 11.5 Å². The van der Waals surface area contributed by atoms with E-state index >= 15 is 0 Å². The second kappa shape index (κ2) is 6.94. The van der Waals surface area contributed by atoms with Crippen molar-refractivity contribution >= 4 is 29.2 Å². The number of nitrogens with zero attached hydrogens (tertiary/aromatic N) is 4. The molecule has 2 aromatic heterocycles. The van der Waals surface area contributed by atoms with Gasteiger partial charge < -0.3 is 9.67 Å². The van der Waals surface area contributed by atoms with E-state index in [0.29, 0.717) is 32.8 Å². The topological polar surface area (TPSA) is 80.9 Å². The fraction of sp³-hybridized carbons (Fsp3) is 0.263. The van der Waals surface area contributed by atoms with Crippen LogP contribution in [0, 0.1) is 6.92 Å². The van der Waals surface area contributed by atoms with Gasteiger partial charge in [0.2, 0.25) is 0 Å². The third-order valence-corrected chi connectivity index (χ3v) is 5.09. The van der Waals surface area contributed by atoms with Crippen molar-refractivity contribution in [1.82, 2.24) is 19.5 Å². The molecule has 2 heterocycles. The van der Waals surface area contributed by atoms with Gasteiger partial charge in [-0.1, -0.05) is 23.2 Å². The van der Waals surface area contributed by atoms with E-state index < -0.39 is 5.97 Å². The van der Waals surface area contributed by atoms with E-state index in [-0.39, 0.29) is 18.2 Å². The van der Waals surface area contributed by atoms with E-state index in [1.54, 1.807) is 35.2 Å². The molecule has 1 aliphatic rings. The SMILES string of the molecule is Cc1cncc(-c2nc(C3CC3)c(C(=O)O)n2Cc2cc(Cl)ccc2Cl)n1. The van der Waals surface area contributed by atoms with Crippen LogP contribution in [-0.2, 0) is 6.54 Å². The molecular weight excluding hydrogens is 387 g/mol. The van der Waals surface area contributed by atoms with Crippen molar-refractivity contribution in [3.63, 3.8) is 0 Å². The van der Waals surface area contributed by atoms with Crippen LogP contribution in [0.25, 0.3) is 11.5 Å². The highest BCUT2D eigenvalue weighted by Crippen LogP contribution is 2.42. The van der Waals surface area contributed by atoms with Crippen LogP contribution in [0.15, 0.2) is 30.6 Å². The van der Waals surface area contributed by atoms with Crippen molar-refractivity contribution in [3.05, 3.63) is 63.3 Å². The molecule has 1 fully saturated rings. The van der Waals surface area contributed by atoms with Crippen LogP contribution in [0.3, 0.4) is 0 Å². The second-order valence-electron chi connectivity index (χ2n) is 6.62. The minimum absolute atomic E-state index is 0.170. The maximum Gasteiger partial charge on any atom is 0.354 e. The molecule has 0 aliphatic heterocycles. The van der Waals surface area contributed by atoms with Crippen molar-refractivity contribution in [2.45, 2.75) is 32.2 Å². The predicted octanol–water partition coefficient (Wildman–Crippen LogP) is 4.58. The van der Waals surface area contributed by atoms with Gasteiger partial charge in [-0.15, -0.1) is 0 Å². The van der Waals surface area contributed by atoms with Crippen LogP contribution in [0.5, 0.6) is 0 Å². The van der Waals surface area contributed by atoms with Gasteiger partial charge in [-0.2, -0.15) is 0 Å². The zero-order valence-corrected chi connectivity index (χ0v) is 16.0. The van der Waals surface area contributed by atoms with Crippen LogP contribution >= 0.6 is 23.2 Å². The molecule has 0 bridgehead atoms. The molecule has 1 aliphatic carbocycles. The number of carboxylic acid groups (broad SMARTS) is 1. The van der Waals surface area contributed by atoms with Crippen molar-refractivity contribution in [2.75, 3.05) is 0 Å². The highest BCUT2D eigenvalue weighted by molar-refractivity contribution is 6.33. The lowest BCUT2D eigenvalue weighted by Gasteiger charge is -2.12. The number of imidazole rings is 1. The molecule has 3 aromatic rings. The summed E-state index contributed by atoms with van der Waals surface area (Å²) < 4.78 is 1.65. The Bertz CT molecular complexity index is 1040. The fourth-order valence-electron chi connectivity index (χ4n) is 3.09. The number of aromatic nitrogens is 4. The zero-order chi connectivity index (χ0) is 19.1. The van der Waals surface area contributed by atoms with Crippen molar-refractivity contribution in [3.8, 4) is 11.5 Å². The number of benzene rings is 1. The van der Waals surface area contributed by atoms with Crippen LogP contribution in [-0.4, -0.2) is 30.6 Å². The number of rotatable bonds is 5. The molecule has 0 unspecified atom stereocenters. The van der Waals surface area contributed by atoms with Crippen LogP contribution in [0.1, 0.15) is 46.2 Å². The largest absolute Gasteiger partial charge is 0.477 e. The summed E-state index contributed by atoms with van der Waals surface area (Å²) in [4.78, 5) is 25.4. The van der Waals surface area contributed by atoms with Crippen LogP contribution < -0.4 is 0 Å². The van der Waals surface area contributed by atoms with Gasteiger partial charge in [-0.25, -0.2) is 14.8 Å². The smallest absolute Gasteiger partial charge is 0.354 e. The Morgan fingerprint density at radius 2 is 2.04 bits per heavy atom. The Morgan fingerprint density at radius 3 is 2.70 bits per heavy atom. The number of hydrogen-bond donors (Lipinski definition) is 1. The van der Waals surface area contributed by atoms with Gasteiger partial charge in [0.25, 0.3) is 0 Å². The molecule has 0 atom stereocenters. The van der Waals surface area contributed by atoms with Crippen LogP contribution in [0.4, 0.5) is 0 Å². The first-order valence-electron chi connectivity index (χ1n) is 8.50. The molecule has 0 radical (unpaired) electrons. The maximum atomic E-state index is 12.1. The van der Waals surface area contributed by atoms with E-state index in [1.807, 2.05) is 6.92 Å². The predicted molar refractivity (Wildman–Crippen MR) is 102 cm³/mol. The van der Waals surface area contributed by atoms with E-state index in [0.717, 1.165) is 18.5 Å². The normalized spacial score (nSPS) is 13.7. The molecule has 8 heteroatoms. The summed E-state index contributed by atoms with van der Waals surface area (Å²) in [5, 5.41) is 10.9. The van der Waals surface area contributed by atoms with Gasteiger partial charge in [-0.3, -0.25) is 4.98 Å². The number of aromatic carboxylic acids is 1. The van der Waals surface area contributed by atoms with Gasteiger partial charge in [0, 0.05) is 22.2 Å². The van der Waals surface area contributed by atoms with Gasteiger partial charge >= 0.3 is 5.97 Å². The molecular formula is C19H16Cl2N4O2. The van der Waals surface area contributed by atoms with Crippen LogP contribution in [0.2, 0.25) is 10.0 Å². The molecule has 1 saturated carbocycles. The minimum Gasteiger partial charge on any atom is -0.477 e. The Labute approximate surface area is 165 Å². The van der Waals surface area contributed by atoms with Gasteiger partial charge in [0.1, 0.15) is 5.69 Å². The molecule has 6 nitrogen and oxygen atoms in total.